The smallest absolute Gasteiger partial charge is 0.343 e. The van der Waals surface area contributed by atoms with Gasteiger partial charge in [0, 0.05) is 17.1 Å². The number of ether oxygens (including phenoxy) is 4. The summed E-state index contributed by atoms with van der Waals surface area (Å²) in [5.41, 5.74) is 4.60. The van der Waals surface area contributed by atoms with E-state index in [4.69, 9.17) is 18.9 Å². The number of fused-ring (bicyclic) bond motifs is 3. The Labute approximate surface area is 256 Å². The van der Waals surface area contributed by atoms with Crippen molar-refractivity contribution in [2.24, 2.45) is 0 Å². The van der Waals surface area contributed by atoms with E-state index in [2.05, 4.69) is 13.2 Å². The minimum absolute atomic E-state index is 0.00798. The third-order valence-corrected chi connectivity index (χ3v) is 7.84. The highest BCUT2D eigenvalue weighted by Crippen LogP contribution is 2.47. The summed E-state index contributed by atoms with van der Waals surface area (Å²) in [6.07, 6.45) is 4.55. The number of carbonyl (C=O) groups is 4. The highest BCUT2D eigenvalue weighted by Gasteiger charge is 2.27. The van der Waals surface area contributed by atoms with Gasteiger partial charge in [-0.3, -0.25) is 4.79 Å². The van der Waals surface area contributed by atoms with Crippen LogP contribution in [0.15, 0.2) is 85.0 Å². The molecule has 44 heavy (non-hydrogen) atoms. The molecule has 3 aromatic carbocycles. The highest BCUT2D eigenvalue weighted by molar-refractivity contribution is 5.95. The predicted octanol–water partition coefficient (Wildman–Crippen LogP) is 7.25. The van der Waals surface area contributed by atoms with Gasteiger partial charge in [0.1, 0.15) is 23.4 Å². The van der Waals surface area contributed by atoms with Gasteiger partial charge in [-0.15, -0.1) is 0 Å². The van der Waals surface area contributed by atoms with Crippen molar-refractivity contribution >= 4 is 23.9 Å². The molecular weight excluding hydrogens is 560 g/mol. The Bertz CT molecular complexity index is 1640. The second-order valence-corrected chi connectivity index (χ2v) is 11.2. The minimum atomic E-state index is -0.740. The molecule has 1 atom stereocenters. The normalized spacial score (nSPS) is 15.4. The van der Waals surface area contributed by atoms with Crippen molar-refractivity contribution < 1.29 is 38.1 Å². The molecule has 8 nitrogen and oxygen atoms in total. The average Bonchev–Trinajstić information content (AvgIpc) is 3.28. The summed E-state index contributed by atoms with van der Waals surface area (Å²) < 4.78 is 21.8. The van der Waals surface area contributed by atoms with Crippen molar-refractivity contribution in [3.63, 3.8) is 0 Å². The lowest BCUT2D eigenvalue weighted by molar-refractivity contribution is -0.150. The monoisotopic (exact) mass is 594 g/mol. The summed E-state index contributed by atoms with van der Waals surface area (Å²) in [5.74, 6) is -1.27. The minimum Gasteiger partial charge on any atom is -0.462 e. The Morgan fingerprint density at radius 3 is 1.86 bits per heavy atom. The van der Waals surface area contributed by atoms with Gasteiger partial charge in [-0.1, -0.05) is 38.6 Å². The van der Waals surface area contributed by atoms with Crippen molar-refractivity contribution in [1.29, 1.82) is 0 Å². The van der Waals surface area contributed by atoms with Crippen LogP contribution in [-0.4, -0.2) is 30.0 Å². The Hall–Kier alpha value is -4.98. The molecule has 3 aromatic rings. The van der Waals surface area contributed by atoms with Crippen LogP contribution in [0.2, 0.25) is 0 Å². The molecule has 226 valence electrons. The number of hydrogen-bond donors (Lipinski definition) is 0. The highest BCUT2D eigenvalue weighted by atomic mass is 16.6. The SMILES string of the molecule is C=C(C)C(=O)Oc1ccc2c(c1)C(C)c1cc(OC(=O)c3ccc(OC(=O)C(=C)CC(=O)OC4CCCCC4)cc3)ccc1-2. The maximum absolute atomic E-state index is 12.9. The van der Waals surface area contributed by atoms with Gasteiger partial charge in [-0.05, 0) is 103 Å². The van der Waals surface area contributed by atoms with Crippen LogP contribution in [0.25, 0.3) is 11.1 Å². The summed E-state index contributed by atoms with van der Waals surface area (Å²) in [4.78, 5) is 49.5. The second-order valence-electron chi connectivity index (χ2n) is 11.2. The molecule has 0 bridgehead atoms. The first-order chi connectivity index (χ1) is 21.1. The standard InChI is InChI=1S/C36H34O8/c1-21(2)34(38)43-27-14-16-29-30-17-15-28(20-32(30)23(4)31(29)19-27)44-36(40)24-10-12-26(13-11-24)42-35(39)22(3)18-33(37)41-25-8-6-5-7-9-25/h10-17,19-20,23,25H,1,3,5-9,18H2,2,4H3. The van der Waals surface area contributed by atoms with Crippen LogP contribution in [0, 0.1) is 0 Å². The van der Waals surface area contributed by atoms with Crippen LogP contribution >= 0.6 is 0 Å². The zero-order chi connectivity index (χ0) is 31.4. The molecule has 0 N–H and O–H groups in total. The average molecular weight is 595 g/mol. The van der Waals surface area contributed by atoms with Crippen LogP contribution in [0.3, 0.4) is 0 Å². The molecule has 0 spiro atoms. The topological polar surface area (TPSA) is 105 Å². The molecule has 0 saturated heterocycles. The largest absolute Gasteiger partial charge is 0.462 e. The van der Waals surface area contributed by atoms with Gasteiger partial charge in [0.2, 0.25) is 0 Å². The maximum Gasteiger partial charge on any atom is 0.343 e. The van der Waals surface area contributed by atoms with Gasteiger partial charge >= 0.3 is 23.9 Å². The van der Waals surface area contributed by atoms with Crippen LogP contribution in [-0.2, 0) is 19.1 Å². The lowest BCUT2D eigenvalue weighted by Gasteiger charge is -2.21. The van der Waals surface area contributed by atoms with E-state index >= 15 is 0 Å². The Morgan fingerprint density at radius 2 is 1.27 bits per heavy atom. The molecule has 1 fully saturated rings. The lowest BCUT2D eigenvalue weighted by atomic mass is 9.98. The van der Waals surface area contributed by atoms with E-state index in [1.54, 1.807) is 19.1 Å². The number of rotatable bonds is 9. The first kappa shape index (κ1) is 30.5. The molecule has 1 unspecified atom stereocenters. The molecule has 0 aliphatic heterocycles. The predicted molar refractivity (Wildman–Crippen MR) is 164 cm³/mol. The summed E-state index contributed by atoms with van der Waals surface area (Å²) in [6.45, 7) is 10.9. The third kappa shape index (κ3) is 6.97. The molecular formula is C36H34O8. The van der Waals surface area contributed by atoms with E-state index < -0.39 is 23.9 Å². The number of esters is 4. The number of carbonyl (C=O) groups excluding carboxylic acids is 4. The molecule has 0 radical (unpaired) electrons. The van der Waals surface area contributed by atoms with Crippen molar-refractivity contribution in [1.82, 2.24) is 0 Å². The van der Waals surface area contributed by atoms with Crippen LogP contribution in [0.4, 0.5) is 0 Å². The van der Waals surface area contributed by atoms with Crippen LogP contribution in [0.5, 0.6) is 17.2 Å². The Morgan fingerprint density at radius 1 is 0.727 bits per heavy atom. The van der Waals surface area contributed by atoms with Gasteiger partial charge in [0.05, 0.1) is 12.0 Å². The van der Waals surface area contributed by atoms with E-state index in [1.165, 1.54) is 24.3 Å². The van der Waals surface area contributed by atoms with Gasteiger partial charge in [0.15, 0.2) is 0 Å². The van der Waals surface area contributed by atoms with Gasteiger partial charge < -0.3 is 18.9 Å². The quantitative estimate of drug-likeness (QED) is 0.145. The van der Waals surface area contributed by atoms with Gasteiger partial charge in [-0.25, -0.2) is 14.4 Å². The lowest BCUT2D eigenvalue weighted by Crippen LogP contribution is -2.22. The molecule has 2 aliphatic rings. The molecule has 1 saturated carbocycles. The first-order valence-electron chi connectivity index (χ1n) is 14.7. The summed E-state index contributed by atoms with van der Waals surface area (Å²) >= 11 is 0. The van der Waals surface area contributed by atoms with E-state index in [1.807, 2.05) is 31.2 Å². The maximum atomic E-state index is 12.9. The van der Waals surface area contributed by atoms with Crippen molar-refractivity contribution in [2.75, 3.05) is 0 Å². The molecule has 0 aromatic heterocycles. The van der Waals surface area contributed by atoms with E-state index in [-0.39, 0.29) is 35.3 Å². The van der Waals surface area contributed by atoms with Gasteiger partial charge in [0.25, 0.3) is 0 Å². The van der Waals surface area contributed by atoms with E-state index in [9.17, 15) is 19.2 Å². The summed E-state index contributed by atoms with van der Waals surface area (Å²) in [6, 6.07) is 16.9. The fourth-order valence-electron chi connectivity index (χ4n) is 5.44. The zero-order valence-corrected chi connectivity index (χ0v) is 24.9. The second kappa shape index (κ2) is 13.1. The van der Waals surface area contributed by atoms with E-state index in [0.717, 1.165) is 54.4 Å². The number of hydrogen-bond acceptors (Lipinski definition) is 8. The fraction of sp³-hybridized carbons (Fsp3) is 0.278. The molecule has 0 amide bonds. The van der Waals surface area contributed by atoms with Gasteiger partial charge in [-0.2, -0.15) is 0 Å². The van der Waals surface area contributed by atoms with Crippen molar-refractivity contribution in [3.8, 4) is 28.4 Å². The van der Waals surface area contributed by atoms with Crippen molar-refractivity contribution in [2.45, 2.75) is 64.4 Å². The Balaban J connectivity index is 1.16. The molecule has 2 aliphatic carbocycles. The zero-order valence-electron chi connectivity index (χ0n) is 24.9. The van der Waals surface area contributed by atoms with E-state index in [0.29, 0.717) is 17.1 Å². The Kier molecular flexibility index (Phi) is 9.09. The molecule has 8 heteroatoms. The molecule has 0 heterocycles. The van der Waals surface area contributed by atoms with Crippen LogP contribution < -0.4 is 14.2 Å². The summed E-state index contributed by atoms with van der Waals surface area (Å²) in [7, 11) is 0. The molecule has 5 rings (SSSR count). The fourth-order valence-corrected chi connectivity index (χ4v) is 5.44. The van der Waals surface area contributed by atoms with Crippen LogP contribution in [0.1, 0.15) is 79.8 Å². The summed E-state index contributed by atoms with van der Waals surface area (Å²) in [5, 5.41) is 0. The first-order valence-corrected chi connectivity index (χ1v) is 14.7. The number of benzene rings is 3. The van der Waals surface area contributed by atoms with Crippen molar-refractivity contribution in [3.05, 3.63) is 102 Å². The third-order valence-electron chi connectivity index (χ3n) is 7.84.